The zero-order valence-electron chi connectivity index (χ0n) is 11.0. The highest BCUT2D eigenvalue weighted by atomic mass is 16.1. The maximum absolute atomic E-state index is 11.2. The lowest BCUT2D eigenvalue weighted by molar-refractivity contribution is -0.112. The van der Waals surface area contributed by atoms with Crippen LogP contribution in [0.1, 0.15) is 44.7 Å². The first-order valence-corrected chi connectivity index (χ1v) is 6.00. The molecule has 0 radical (unpaired) electrons. The van der Waals surface area contributed by atoms with Gasteiger partial charge in [0.2, 0.25) is 0 Å². The summed E-state index contributed by atoms with van der Waals surface area (Å²) < 4.78 is 0. The van der Waals surface area contributed by atoms with Crippen molar-refractivity contribution in [2.75, 3.05) is 0 Å². The molecule has 1 rings (SSSR count). The van der Waals surface area contributed by atoms with Crippen LogP contribution >= 0.6 is 0 Å². The van der Waals surface area contributed by atoms with Crippen LogP contribution in [0.25, 0.3) is 5.57 Å². The second-order valence-electron chi connectivity index (χ2n) is 4.49. The Morgan fingerprint density at radius 1 is 1.18 bits per heavy atom. The Morgan fingerprint density at radius 2 is 1.76 bits per heavy atom. The lowest BCUT2D eigenvalue weighted by Gasteiger charge is -2.07. The standard InChI is InChI=1S/C16H20O/c1-5-6-16(11-13(4)17)15-9-7-14(8-10-15)12(2)3/h5-12H,1-4H3/b6-5-,16-11+. The minimum Gasteiger partial charge on any atom is -0.295 e. The van der Waals surface area contributed by atoms with Crippen molar-refractivity contribution in [1.82, 2.24) is 0 Å². The number of hydrogen-bond donors (Lipinski definition) is 0. The first kappa shape index (κ1) is 13.4. The van der Waals surface area contributed by atoms with Gasteiger partial charge in [0.05, 0.1) is 0 Å². The second kappa shape index (κ2) is 6.19. The molecule has 0 aliphatic carbocycles. The molecule has 0 atom stereocenters. The topological polar surface area (TPSA) is 17.1 Å². The molecule has 1 aromatic carbocycles. The number of hydrogen-bond acceptors (Lipinski definition) is 1. The Hall–Kier alpha value is -1.63. The van der Waals surface area contributed by atoms with E-state index in [4.69, 9.17) is 0 Å². The molecule has 0 amide bonds. The van der Waals surface area contributed by atoms with E-state index in [2.05, 4.69) is 38.1 Å². The Balaban J connectivity index is 3.08. The van der Waals surface area contributed by atoms with Gasteiger partial charge in [0.1, 0.15) is 0 Å². The summed E-state index contributed by atoms with van der Waals surface area (Å²) in [7, 11) is 0. The van der Waals surface area contributed by atoms with Gasteiger partial charge >= 0.3 is 0 Å². The molecular formula is C16H20O. The summed E-state index contributed by atoms with van der Waals surface area (Å²) >= 11 is 0. The average Bonchev–Trinajstić information content (AvgIpc) is 2.28. The smallest absolute Gasteiger partial charge is 0.153 e. The molecule has 1 heteroatoms. The molecule has 0 saturated heterocycles. The quantitative estimate of drug-likeness (QED) is 0.553. The van der Waals surface area contributed by atoms with Crippen molar-refractivity contribution in [3.05, 3.63) is 53.6 Å². The molecule has 0 unspecified atom stereocenters. The molecule has 90 valence electrons. The summed E-state index contributed by atoms with van der Waals surface area (Å²) in [6, 6.07) is 8.39. The van der Waals surface area contributed by atoms with Gasteiger partial charge in [-0.05, 0) is 42.5 Å². The fourth-order valence-corrected chi connectivity index (χ4v) is 1.69. The predicted octanol–water partition coefficient (Wildman–Crippen LogP) is 4.36. The van der Waals surface area contributed by atoms with Crippen molar-refractivity contribution in [3.63, 3.8) is 0 Å². The molecule has 0 saturated carbocycles. The van der Waals surface area contributed by atoms with Crippen molar-refractivity contribution in [3.8, 4) is 0 Å². The monoisotopic (exact) mass is 228 g/mol. The van der Waals surface area contributed by atoms with E-state index in [-0.39, 0.29) is 5.78 Å². The zero-order valence-corrected chi connectivity index (χ0v) is 11.0. The third-order valence-electron chi connectivity index (χ3n) is 2.62. The fourth-order valence-electron chi connectivity index (χ4n) is 1.69. The molecule has 17 heavy (non-hydrogen) atoms. The molecular weight excluding hydrogens is 208 g/mol. The van der Waals surface area contributed by atoms with Crippen molar-refractivity contribution < 1.29 is 4.79 Å². The maximum Gasteiger partial charge on any atom is 0.153 e. The summed E-state index contributed by atoms with van der Waals surface area (Å²) in [6.07, 6.45) is 5.58. The van der Waals surface area contributed by atoms with Crippen LogP contribution in [-0.4, -0.2) is 5.78 Å². The van der Waals surface area contributed by atoms with E-state index in [1.54, 1.807) is 13.0 Å². The summed E-state index contributed by atoms with van der Waals surface area (Å²) in [5, 5.41) is 0. The van der Waals surface area contributed by atoms with E-state index in [1.807, 2.05) is 19.1 Å². The van der Waals surface area contributed by atoms with Gasteiger partial charge < -0.3 is 0 Å². The molecule has 0 aromatic heterocycles. The molecule has 0 N–H and O–H groups in total. The first-order valence-electron chi connectivity index (χ1n) is 6.00. The van der Waals surface area contributed by atoms with E-state index < -0.39 is 0 Å². The summed E-state index contributed by atoms with van der Waals surface area (Å²) in [6.45, 7) is 7.88. The number of benzene rings is 1. The van der Waals surface area contributed by atoms with Gasteiger partial charge in [0.25, 0.3) is 0 Å². The van der Waals surface area contributed by atoms with Crippen LogP contribution in [0.15, 0.2) is 42.5 Å². The molecule has 0 heterocycles. The molecule has 0 bridgehead atoms. The minimum atomic E-state index is 0.0750. The van der Waals surface area contributed by atoms with Crippen molar-refractivity contribution in [2.24, 2.45) is 0 Å². The summed E-state index contributed by atoms with van der Waals surface area (Å²) in [5.41, 5.74) is 3.37. The average molecular weight is 228 g/mol. The number of carbonyl (C=O) groups excluding carboxylic acids is 1. The van der Waals surface area contributed by atoms with E-state index >= 15 is 0 Å². The number of allylic oxidation sites excluding steroid dienone is 4. The highest BCUT2D eigenvalue weighted by Gasteiger charge is 2.02. The number of ketones is 1. The molecule has 0 spiro atoms. The van der Waals surface area contributed by atoms with Crippen LogP contribution in [0.3, 0.4) is 0 Å². The van der Waals surface area contributed by atoms with Crippen LogP contribution in [0.5, 0.6) is 0 Å². The van der Waals surface area contributed by atoms with Crippen LogP contribution in [-0.2, 0) is 4.79 Å². The Bertz CT molecular complexity index is 433. The number of carbonyl (C=O) groups is 1. The predicted molar refractivity (Wildman–Crippen MR) is 74.0 cm³/mol. The maximum atomic E-state index is 11.2. The van der Waals surface area contributed by atoms with Crippen molar-refractivity contribution >= 4 is 11.4 Å². The van der Waals surface area contributed by atoms with E-state index in [0.717, 1.165) is 11.1 Å². The van der Waals surface area contributed by atoms with Gasteiger partial charge in [0, 0.05) is 0 Å². The third kappa shape index (κ3) is 4.03. The van der Waals surface area contributed by atoms with E-state index in [1.165, 1.54) is 5.56 Å². The summed E-state index contributed by atoms with van der Waals surface area (Å²) in [4.78, 5) is 11.2. The molecule has 1 aromatic rings. The van der Waals surface area contributed by atoms with Gasteiger partial charge in [-0.3, -0.25) is 4.79 Å². The highest BCUT2D eigenvalue weighted by molar-refractivity contribution is 5.97. The number of rotatable bonds is 4. The van der Waals surface area contributed by atoms with Gasteiger partial charge in [0.15, 0.2) is 5.78 Å². The Morgan fingerprint density at radius 3 is 2.18 bits per heavy atom. The Kier molecular flexibility index (Phi) is 4.89. The van der Waals surface area contributed by atoms with Gasteiger partial charge in [-0.2, -0.15) is 0 Å². The second-order valence-corrected chi connectivity index (χ2v) is 4.49. The molecule has 0 aliphatic heterocycles. The van der Waals surface area contributed by atoms with Gasteiger partial charge in [-0.15, -0.1) is 0 Å². The van der Waals surface area contributed by atoms with Gasteiger partial charge in [-0.25, -0.2) is 0 Å². The van der Waals surface area contributed by atoms with Crippen molar-refractivity contribution in [1.29, 1.82) is 0 Å². The molecule has 0 aliphatic rings. The lowest BCUT2D eigenvalue weighted by Crippen LogP contribution is -1.90. The molecule has 0 fully saturated rings. The van der Waals surface area contributed by atoms with E-state index in [0.29, 0.717) is 5.92 Å². The zero-order chi connectivity index (χ0) is 12.8. The minimum absolute atomic E-state index is 0.0750. The highest BCUT2D eigenvalue weighted by Crippen LogP contribution is 2.20. The van der Waals surface area contributed by atoms with Crippen LogP contribution in [0.4, 0.5) is 0 Å². The largest absolute Gasteiger partial charge is 0.295 e. The lowest BCUT2D eigenvalue weighted by atomic mass is 9.98. The normalized spacial score (nSPS) is 12.4. The van der Waals surface area contributed by atoms with Crippen LogP contribution in [0.2, 0.25) is 0 Å². The first-order chi connectivity index (χ1) is 8.04. The van der Waals surface area contributed by atoms with Crippen LogP contribution < -0.4 is 0 Å². The van der Waals surface area contributed by atoms with Gasteiger partial charge in [-0.1, -0.05) is 50.3 Å². The van der Waals surface area contributed by atoms with Crippen LogP contribution in [0, 0.1) is 0 Å². The Labute approximate surface area is 104 Å². The summed E-state index contributed by atoms with van der Waals surface area (Å²) in [5.74, 6) is 0.608. The van der Waals surface area contributed by atoms with Crippen molar-refractivity contribution in [2.45, 2.75) is 33.6 Å². The fraction of sp³-hybridized carbons (Fsp3) is 0.312. The molecule has 1 nitrogen and oxygen atoms in total. The van der Waals surface area contributed by atoms with E-state index in [9.17, 15) is 4.79 Å². The third-order valence-corrected chi connectivity index (χ3v) is 2.62. The SMILES string of the molecule is C/C=C\C(=C/C(C)=O)c1ccc(C(C)C)cc1.